The molecule has 150 valence electrons. The van der Waals surface area contributed by atoms with Crippen LogP contribution in [0.1, 0.15) is 0 Å². The maximum absolute atomic E-state index is 13.4. The minimum absolute atomic E-state index is 0.0286. The van der Waals surface area contributed by atoms with Crippen LogP contribution in [0.3, 0.4) is 0 Å². The van der Waals surface area contributed by atoms with Crippen LogP contribution < -0.4 is 9.04 Å². The molecule has 0 fully saturated rings. The van der Waals surface area contributed by atoms with Crippen LogP contribution in [0.4, 0.5) is 25.8 Å². The standard InChI is InChI=1S/C19H14F2N2O5S/c20-19(21)28-17-10-4-8-15(12-17)22(14-6-2-1-3-7-14)29(26,27)18-11-5-9-16(13-18)23(24)25/h1-13,19H. The smallest absolute Gasteiger partial charge is 0.387 e. The van der Waals surface area contributed by atoms with E-state index >= 15 is 0 Å². The summed E-state index contributed by atoms with van der Waals surface area (Å²) in [5, 5.41) is 11.0. The van der Waals surface area contributed by atoms with Crippen LogP contribution in [0.5, 0.6) is 5.75 Å². The van der Waals surface area contributed by atoms with Crippen LogP contribution in [0, 0.1) is 10.1 Å². The number of sulfonamides is 1. The number of anilines is 2. The predicted molar refractivity (Wildman–Crippen MR) is 102 cm³/mol. The second-order valence-electron chi connectivity index (χ2n) is 5.74. The number of para-hydroxylation sites is 1. The third-order valence-corrected chi connectivity index (χ3v) is 5.59. The average Bonchev–Trinajstić information content (AvgIpc) is 2.68. The van der Waals surface area contributed by atoms with Gasteiger partial charge < -0.3 is 4.74 Å². The quantitative estimate of drug-likeness (QED) is 0.407. The molecule has 0 unspecified atom stereocenters. The van der Waals surface area contributed by atoms with Crippen molar-refractivity contribution in [2.75, 3.05) is 4.31 Å². The predicted octanol–water partition coefficient (Wildman–Crippen LogP) is 4.72. The second-order valence-corrected chi connectivity index (χ2v) is 7.52. The summed E-state index contributed by atoms with van der Waals surface area (Å²) in [6.07, 6.45) is 0. The normalized spacial score (nSPS) is 11.3. The summed E-state index contributed by atoms with van der Waals surface area (Å²) < 4.78 is 57.1. The fourth-order valence-corrected chi connectivity index (χ4v) is 4.16. The van der Waals surface area contributed by atoms with E-state index in [9.17, 15) is 27.3 Å². The molecule has 0 aromatic heterocycles. The van der Waals surface area contributed by atoms with Gasteiger partial charge in [-0.05, 0) is 30.3 Å². The molecule has 0 N–H and O–H groups in total. The Hall–Kier alpha value is -3.53. The van der Waals surface area contributed by atoms with Gasteiger partial charge >= 0.3 is 6.61 Å². The Morgan fingerprint density at radius 2 is 1.55 bits per heavy atom. The van der Waals surface area contributed by atoms with Gasteiger partial charge in [-0.25, -0.2) is 12.7 Å². The van der Waals surface area contributed by atoms with Crippen molar-refractivity contribution in [2.24, 2.45) is 0 Å². The minimum atomic E-state index is -4.32. The number of ether oxygens (including phenoxy) is 1. The topological polar surface area (TPSA) is 89.8 Å². The molecule has 3 aromatic rings. The Labute approximate surface area is 165 Å². The molecular formula is C19H14F2N2O5S. The van der Waals surface area contributed by atoms with Crippen molar-refractivity contribution in [2.45, 2.75) is 11.5 Å². The number of non-ortho nitro benzene ring substituents is 1. The lowest BCUT2D eigenvalue weighted by molar-refractivity contribution is -0.385. The summed E-state index contributed by atoms with van der Waals surface area (Å²) in [7, 11) is -4.32. The number of alkyl halides is 2. The van der Waals surface area contributed by atoms with Gasteiger partial charge in [-0.3, -0.25) is 10.1 Å². The van der Waals surface area contributed by atoms with E-state index in [1.165, 1.54) is 48.5 Å². The van der Waals surface area contributed by atoms with Gasteiger partial charge in [0.05, 0.1) is 21.2 Å². The van der Waals surface area contributed by atoms with Gasteiger partial charge in [0.15, 0.2) is 0 Å². The molecule has 3 aromatic carbocycles. The lowest BCUT2D eigenvalue weighted by Crippen LogP contribution is -2.26. The summed E-state index contributed by atoms with van der Waals surface area (Å²) in [5.74, 6) is -0.229. The average molecular weight is 420 g/mol. The number of nitro benzene ring substituents is 1. The number of nitrogens with zero attached hydrogens (tertiary/aromatic N) is 2. The number of benzene rings is 3. The Bertz CT molecular complexity index is 1120. The Morgan fingerprint density at radius 1 is 0.897 bits per heavy atom. The Morgan fingerprint density at radius 3 is 2.21 bits per heavy atom. The van der Waals surface area contributed by atoms with Crippen molar-refractivity contribution in [3.05, 3.63) is 89.0 Å². The third kappa shape index (κ3) is 4.49. The van der Waals surface area contributed by atoms with E-state index in [2.05, 4.69) is 4.74 Å². The van der Waals surface area contributed by atoms with E-state index in [1.807, 2.05) is 0 Å². The molecule has 0 heterocycles. The highest BCUT2D eigenvalue weighted by Gasteiger charge is 2.28. The largest absolute Gasteiger partial charge is 0.435 e. The van der Waals surface area contributed by atoms with E-state index in [1.54, 1.807) is 18.2 Å². The van der Waals surface area contributed by atoms with Crippen LogP contribution in [0.15, 0.2) is 83.8 Å². The summed E-state index contributed by atoms with van der Waals surface area (Å²) in [5.41, 5.74) is -0.150. The van der Waals surface area contributed by atoms with Gasteiger partial charge in [0.25, 0.3) is 15.7 Å². The van der Waals surface area contributed by atoms with Crippen LogP contribution in [-0.4, -0.2) is 20.0 Å². The van der Waals surface area contributed by atoms with Crippen molar-refractivity contribution in [1.82, 2.24) is 0 Å². The molecule has 3 rings (SSSR count). The lowest BCUT2D eigenvalue weighted by atomic mass is 10.2. The molecule has 7 nitrogen and oxygen atoms in total. The zero-order chi connectivity index (χ0) is 21.0. The molecule has 0 aliphatic carbocycles. The molecule has 0 atom stereocenters. The van der Waals surface area contributed by atoms with E-state index in [0.717, 1.165) is 16.4 Å². The molecule has 0 spiro atoms. The van der Waals surface area contributed by atoms with Crippen LogP contribution in [-0.2, 0) is 10.0 Å². The fourth-order valence-electron chi connectivity index (χ4n) is 2.64. The number of hydrogen-bond acceptors (Lipinski definition) is 5. The van der Waals surface area contributed by atoms with E-state index in [-0.39, 0.29) is 22.0 Å². The van der Waals surface area contributed by atoms with Gasteiger partial charge in [-0.1, -0.05) is 30.3 Å². The summed E-state index contributed by atoms with van der Waals surface area (Å²) in [6, 6.07) is 17.7. The number of nitro groups is 1. The van der Waals surface area contributed by atoms with Crippen LogP contribution in [0.25, 0.3) is 0 Å². The van der Waals surface area contributed by atoms with Crippen molar-refractivity contribution in [1.29, 1.82) is 0 Å². The minimum Gasteiger partial charge on any atom is -0.435 e. The molecule has 0 radical (unpaired) electrons. The first kappa shape index (κ1) is 20.2. The van der Waals surface area contributed by atoms with Crippen molar-refractivity contribution in [3.63, 3.8) is 0 Å². The molecular weight excluding hydrogens is 406 g/mol. The second kappa shape index (κ2) is 8.23. The number of rotatable bonds is 7. The maximum Gasteiger partial charge on any atom is 0.387 e. The molecule has 0 saturated carbocycles. The van der Waals surface area contributed by atoms with Gasteiger partial charge in [0.2, 0.25) is 0 Å². The van der Waals surface area contributed by atoms with Crippen molar-refractivity contribution in [3.8, 4) is 5.75 Å². The van der Waals surface area contributed by atoms with Gasteiger partial charge in [-0.15, -0.1) is 0 Å². The van der Waals surface area contributed by atoms with Gasteiger partial charge in [0.1, 0.15) is 5.75 Å². The van der Waals surface area contributed by atoms with Crippen LogP contribution >= 0.6 is 0 Å². The lowest BCUT2D eigenvalue weighted by Gasteiger charge is -2.25. The fraction of sp³-hybridized carbons (Fsp3) is 0.0526. The van der Waals surface area contributed by atoms with Crippen LogP contribution in [0.2, 0.25) is 0 Å². The number of hydrogen-bond donors (Lipinski definition) is 0. The molecule has 0 amide bonds. The monoisotopic (exact) mass is 420 g/mol. The molecule has 0 saturated heterocycles. The zero-order valence-corrected chi connectivity index (χ0v) is 15.5. The summed E-state index contributed by atoms with van der Waals surface area (Å²) >= 11 is 0. The third-order valence-electron chi connectivity index (χ3n) is 3.83. The highest BCUT2D eigenvalue weighted by molar-refractivity contribution is 7.93. The van der Waals surface area contributed by atoms with Gasteiger partial charge in [0, 0.05) is 18.2 Å². The first-order valence-electron chi connectivity index (χ1n) is 8.19. The summed E-state index contributed by atoms with van der Waals surface area (Å²) in [6.45, 7) is -3.08. The van der Waals surface area contributed by atoms with E-state index < -0.39 is 27.2 Å². The number of halogens is 2. The first-order chi connectivity index (χ1) is 13.8. The zero-order valence-electron chi connectivity index (χ0n) is 14.7. The van der Waals surface area contributed by atoms with E-state index in [0.29, 0.717) is 0 Å². The molecule has 10 heteroatoms. The highest BCUT2D eigenvalue weighted by atomic mass is 32.2. The maximum atomic E-state index is 13.4. The SMILES string of the molecule is O=[N+]([O-])c1cccc(S(=O)(=O)N(c2ccccc2)c2cccc(OC(F)F)c2)c1. The highest BCUT2D eigenvalue weighted by Crippen LogP contribution is 2.35. The Balaban J connectivity index is 2.17. The first-order valence-corrected chi connectivity index (χ1v) is 9.63. The molecule has 0 aliphatic rings. The summed E-state index contributed by atoms with van der Waals surface area (Å²) in [4.78, 5) is 10.0. The van der Waals surface area contributed by atoms with Crippen molar-refractivity contribution < 1.29 is 26.9 Å². The molecule has 29 heavy (non-hydrogen) atoms. The van der Waals surface area contributed by atoms with Gasteiger partial charge in [-0.2, -0.15) is 8.78 Å². The Kier molecular flexibility index (Phi) is 5.74. The van der Waals surface area contributed by atoms with E-state index in [4.69, 9.17) is 0 Å². The van der Waals surface area contributed by atoms with Crippen molar-refractivity contribution >= 4 is 27.1 Å². The molecule has 0 aliphatic heterocycles. The molecule has 0 bridgehead atoms.